The lowest BCUT2D eigenvalue weighted by molar-refractivity contribution is 1.18. The van der Waals surface area contributed by atoms with Crippen molar-refractivity contribution in [2.75, 3.05) is 0 Å². The molecule has 3 aromatic heterocycles. The van der Waals surface area contributed by atoms with Crippen LogP contribution in [0.2, 0.25) is 0 Å². The van der Waals surface area contributed by atoms with Crippen molar-refractivity contribution >= 4 is 85.9 Å². The standard InChI is InChI=1S/C52H32N2S/c1-2-13-38(14-3-1)53-46-18-8-6-15-41(46)45-30-35(24-28-48(45)53)36-22-26-42-43-27-23-37(32-51(43)55-50(42)31-36)40-17-10-20-49-52(40)44-16-7-9-19-47(44)54(49)39-25-21-33-11-4-5-12-34(33)29-39/h1-32H. The van der Waals surface area contributed by atoms with Gasteiger partial charge in [0.25, 0.3) is 0 Å². The number of hydrogen-bond acceptors (Lipinski definition) is 1. The molecule has 3 heteroatoms. The average Bonchev–Trinajstić information content (AvgIpc) is 3.90. The summed E-state index contributed by atoms with van der Waals surface area (Å²) in [5.41, 5.74) is 12.2. The SMILES string of the molecule is c1ccc(-n2c3ccccc3c3cc(-c4ccc5c(c4)sc4cc(-c6cccc7c6c6ccccc6n7-c6ccc7ccccc7c6)ccc45)ccc32)cc1. The Bertz CT molecular complexity index is 3490. The van der Waals surface area contributed by atoms with Gasteiger partial charge in [0, 0.05) is 53.1 Å². The molecule has 0 spiro atoms. The van der Waals surface area contributed by atoms with Crippen LogP contribution in [0.25, 0.3) is 108 Å². The van der Waals surface area contributed by atoms with E-state index in [2.05, 4.69) is 203 Å². The Hall–Kier alpha value is -6.94. The first kappa shape index (κ1) is 30.5. The third-order valence-electron chi connectivity index (χ3n) is 11.5. The van der Waals surface area contributed by atoms with Gasteiger partial charge in [0.15, 0.2) is 0 Å². The van der Waals surface area contributed by atoms with Crippen LogP contribution in [0, 0.1) is 0 Å². The van der Waals surface area contributed by atoms with Crippen LogP contribution in [0.1, 0.15) is 0 Å². The van der Waals surface area contributed by atoms with Crippen molar-refractivity contribution in [1.29, 1.82) is 0 Å². The summed E-state index contributed by atoms with van der Waals surface area (Å²) in [6.07, 6.45) is 0. The topological polar surface area (TPSA) is 9.86 Å². The van der Waals surface area contributed by atoms with Gasteiger partial charge in [-0.15, -0.1) is 11.3 Å². The fourth-order valence-electron chi connectivity index (χ4n) is 8.99. The Morgan fingerprint density at radius 2 is 0.909 bits per heavy atom. The van der Waals surface area contributed by atoms with E-state index in [9.17, 15) is 0 Å². The van der Waals surface area contributed by atoms with Gasteiger partial charge in [0.05, 0.1) is 22.1 Å². The molecule has 12 aromatic rings. The zero-order valence-electron chi connectivity index (χ0n) is 29.8. The molecule has 0 aliphatic carbocycles. The molecular weight excluding hydrogens is 685 g/mol. The molecule has 0 N–H and O–H groups in total. The van der Waals surface area contributed by atoms with Gasteiger partial charge in [-0.1, -0.05) is 127 Å². The van der Waals surface area contributed by atoms with Crippen LogP contribution >= 0.6 is 11.3 Å². The third-order valence-corrected chi connectivity index (χ3v) is 12.6. The third kappa shape index (κ3) is 4.60. The van der Waals surface area contributed by atoms with Gasteiger partial charge in [-0.25, -0.2) is 0 Å². The van der Waals surface area contributed by atoms with Crippen LogP contribution in [0.5, 0.6) is 0 Å². The van der Waals surface area contributed by atoms with Crippen LogP contribution in [0.3, 0.4) is 0 Å². The van der Waals surface area contributed by atoms with Gasteiger partial charge >= 0.3 is 0 Å². The smallest absolute Gasteiger partial charge is 0.0547 e. The fourth-order valence-corrected chi connectivity index (χ4v) is 10.2. The van der Waals surface area contributed by atoms with Crippen LogP contribution in [0.4, 0.5) is 0 Å². The lowest BCUT2D eigenvalue weighted by Gasteiger charge is -2.10. The number of nitrogens with zero attached hydrogens (tertiary/aromatic N) is 2. The van der Waals surface area contributed by atoms with E-state index >= 15 is 0 Å². The first-order valence-electron chi connectivity index (χ1n) is 18.8. The molecule has 9 aromatic carbocycles. The number of fused-ring (bicyclic) bond motifs is 10. The molecule has 3 heterocycles. The van der Waals surface area contributed by atoms with Crippen molar-refractivity contribution < 1.29 is 0 Å². The molecule has 0 saturated heterocycles. The first-order valence-corrected chi connectivity index (χ1v) is 19.7. The maximum absolute atomic E-state index is 2.43. The molecule has 2 nitrogen and oxygen atoms in total. The van der Waals surface area contributed by atoms with Crippen molar-refractivity contribution in [1.82, 2.24) is 9.13 Å². The summed E-state index contributed by atoms with van der Waals surface area (Å²) in [6, 6.07) is 71.4. The molecule has 256 valence electrons. The van der Waals surface area contributed by atoms with Crippen molar-refractivity contribution in [2.24, 2.45) is 0 Å². The quantitative estimate of drug-likeness (QED) is 0.172. The highest BCUT2D eigenvalue weighted by Gasteiger charge is 2.18. The highest BCUT2D eigenvalue weighted by atomic mass is 32.1. The minimum Gasteiger partial charge on any atom is -0.309 e. The minimum absolute atomic E-state index is 1.18. The predicted molar refractivity (Wildman–Crippen MR) is 236 cm³/mol. The summed E-state index contributed by atoms with van der Waals surface area (Å²) in [7, 11) is 0. The summed E-state index contributed by atoms with van der Waals surface area (Å²) in [4.78, 5) is 0. The van der Waals surface area contributed by atoms with Crippen molar-refractivity contribution in [3.8, 4) is 33.6 Å². The fraction of sp³-hybridized carbons (Fsp3) is 0. The first-order chi connectivity index (χ1) is 27.3. The average molecular weight is 717 g/mol. The zero-order chi connectivity index (χ0) is 36.0. The molecule has 0 atom stereocenters. The predicted octanol–water partition coefficient (Wildman–Crippen LogP) is 14.7. The highest BCUT2D eigenvalue weighted by molar-refractivity contribution is 7.25. The van der Waals surface area contributed by atoms with Gasteiger partial charge < -0.3 is 9.13 Å². The van der Waals surface area contributed by atoms with Gasteiger partial charge in [-0.05, 0) is 99.8 Å². The summed E-state index contributed by atoms with van der Waals surface area (Å²) >= 11 is 1.89. The lowest BCUT2D eigenvalue weighted by atomic mass is 9.98. The molecule has 55 heavy (non-hydrogen) atoms. The minimum atomic E-state index is 1.18. The van der Waals surface area contributed by atoms with Crippen molar-refractivity contribution in [2.45, 2.75) is 0 Å². The normalized spacial score (nSPS) is 12.0. The Balaban J connectivity index is 0.983. The van der Waals surface area contributed by atoms with E-state index in [4.69, 9.17) is 0 Å². The Labute approximate surface area is 321 Å². The van der Waals surface area contributed by atoms with Gasteiger partial charge in [0.1, 0.15) is 0 Å². The second kappa shape index (κ2) is 11.8. The molecule has 0 aliphatic rings. The van der Waals surface area contributed by atoms with Gasteiger partial charge in [0.2, 0.25) is 0 Å². The van der Waals surface area contributed by atoms with E-state index in [0.717, 1.165) is 0 Å². The van der Waals surface area contributed by atoms with Gasteiger partial charge in [-0.3, -0.25) is 0 Å². The molecule has 0 saturated carbocycles. The Morgan fingerprint density at radius 3 is 1.75 bits per heavy atom. The summed E-state index contributed by atoms with van der Waals surface area (Å²) in [6.45, 7) is 0. The highest BCUT2D eigenvalue weighted by Crippen LogP contribution is 2.43. The molecule has 0 aliphatic heterocycles. The van der Waals surface area contributed by atoms with Crippen molar-refractivity contribution in [3.05, 3.63) is 194 Å². The second-order valence-corrected chi connectivity index (χ2v) is 15.6. The van der Waals surface area contributed by atoms with Crippen LogP contribution in [-0.4, -0.2) is 9.13 Å². The summed E-state index contributed by atoms with van der Waals surface area (Å²) in [5, 5.41) is 10.2. The number of benzene rings is 9. The van der Waals surface area contributed by atoms with E-state index in [1.165, 1.54) is 108 Å². The Kier molecular flexibility index (Phi) is 6.54. The van der Waals surface area contributed by atoms with Crippen molar-refractivity contribution in [3.63, 3.8) is 0 Å². The molecule has 0 unspecified atom stereocenters. The van der Waals surface area contributed by atoms with E-state index in [1.807, 2.05) is 11.3 Å². The molecule has 0 fully saturated rings. The van der Waals surface area contributed by atoms with Crippen LogP contribution < -0.4 is 0 Å². The zero-order valence-corrected chi connectivity index (χ0v) is 30.6. The maximum atomic E-state index is 2.43. The summed E-state index contributed by atoms with van der Waals surface area (Å²) < 4.78 is 7.42. The van der Waals surface area contributed by atoms with E-state index < -0.39 is 0 Å². The summed E-state index contributed by atoms with van der Waals surface area (Å²) in [5.74, 6) is 0. The monoisotopic (exact) mass is 716 g/mol. The number of aromatic nitrogens is 2. The number of rotatable bonds is 4. The number of para-hydroxylation sites is 3. The Morgan fingerprint density at radius 1 is 0.309 bits per heavy atom. The van der Waals surface area contributed by atoms with E-state index in [1.54, 1.807) is 0 Å². The molecule has 0 radical (unpaired) electrons. The molecular formula is C52H32N2S. The molecule has 12 rings (SSSR count). The molecule has 0 amide bonds. The number of thiophene rings is 1. The second-order valence-electron chi connectivity index (χ2n) is 14.5. The largest absolute Gasteiger partial charge is 0.309 e. The van der Waals surface area contributed by atoms with E-state index in [0.29, 0.717) is 0 Å². The van der Waals surface area contributed by atoms with Crippen LogP contribution in [0.15, 0.2) is 194 Å². The number of hydrogen-bond donors (Lipinski definition) is 0. The maximum Gasteiger partial charge on any atom is 0.0547 e. The lowest BCUT2D eigenvalue weighted by Crippen LogP contribution is -1.93. The van der Waals surface area contributed by atoms with Crippen LogP contribution in [-0.2, 0) is 0 Å². The van der Waals surface area contributed by atoms with E-state index in [-0.39, 0.29) is 0 Å². The van der Waals surface area contributed by atoms with Gasteiger partial charge in [-0.2, -0.15) is 0 Å². The molecule has 0 bridgehead atoms.